The molecule has 1 N–H and O–H groups in total. The van der Waals surface area contributed by atoms with Crippen LogP contribution in [0.5, 0.6) is 5.75 Å². The Labute approximate surface area is 217 Å². The molecule has 0 heterocycles. The van der Waals surface area contributed by atoms with Gasteiger partial charge in [-0.3, -0.25) is 14.4 Å². The maximum Gasteiger partial charge on any atom is 0.416 e. The number of amides is 1. The molecule has 1 aliphatic carbocycles. The summed E-state index contributed by atoms with van der Waals surface area (Å²) >= 11 is 0.891. The Morgan fingerprint density at radius 2 is 1.76 bits per heavy atom. The Bertz CT molecular complexity index is 1060. The first-order chi connectivity index (χ1) is 17.6. The van der Waals surface area contributed by atoms with E-state index < -0.39 is 29.4 Å². The second-order valence-corrected chi connectivity index (χ2v) is 9.55. The Balaban J connectivity index is 1.67. The Hall–Kier alpha value is -3.05. The topological polar surface area (TPSA) is 90.9 Å². The zero-order chi connectivity index (χ0) is 27.0. The molecule has 1 amide bonds. The maximum atomic E-state index is 13.0. The van der Waals surface area contributed by atoms with E-state index in [0.717, 1.165) is 42.3 Å². The van der Waals surface area contributed by atoms with E-state index in [1.807, 2.05) is 0 Å². The van der Waals surface area contributed by atoms with E-state index in [9.17, 15) is 27.6 Å². The van der Waals surface area contributed by atoms with Crippen LogP contribution in [0.15, 0.2) is 48.5 Å². The number of hydrogen-bond donors (Lipinski definition) is 1. The maximum absolute atomic E-state index is 13.0. The first-order valence-electron chi connectivity index (χ1n) is 11.7. The molecule has 0 saturated heterocycles. The summed E-state index contributed by atoms with van der Waals surface area (Å²) in [5.41, 5.74) is 1.08. The highest BCUT2D eigenvalue weighted by Gasteiger charge is 2.33. The van der Waals surface area contributed by atoms with E-state index in [-0.39, 0.29) is 24.4 Å². The van der Waals surface area contributed by atoms with Gasteiger partial charge in [0.05, 0.1) is 16.7 Å². The summed E-state index contributed by atoms with van der Waals surface area (Å²) in [6, 6.07) is 11.4. The second-order valence-electron chi connectivity index (χ2n) is 8.52. The number of carbonyl (C=O) groups is 3. The fourth-order valence-electron chi connectivity index (χ4n) is 3.48. The summed E-state index contributed by atoms with van der Waals surface area (Å²) in [6.45, 7) is 1.49. The number of halogens is 3. The van der Waals surface area contributed by atoms with Gasteiger partial charge < -0.3 is 19.5 Å². The van der Waals surface area contributed by atoms with Crippen molar-refractivity contribution in [2.75, 3.05) is 13.7 Å². The number of benzene rings is 2. The van der Waals surface area contributed by atoms with Crippen LogP contribution >= 0.6 is 11.8 Å². The largest absolute Gasteiger partial charge is 0.491 e. The molecular formula is C26H28F3NO6S. The molecule has 3 unspecified atom stereocenters. The summed E-state index contributed by atoms with van der Waals surface area (Å²) in [6.07, 6.45) is -4.34. The van der Waals surface area contributed by atoms with Gasteiger partial charge in [-0.15, -0.1) is 0 Å². The van der Waals surface area contributed by atoms with Gasteiger partial charge in [-0.1, -0.05) is 36.0 Å². The van der Waals surface area contributed by atoms with Crippen LogP contribution in [0.1, 0.15) is 42.6 Å². The highest BCUT2D eigenvalue weighted by atomic mass is 32.2. The number of thioether (sulfide) groups is 1. The van der Waals surface area contributed by atoms with Gasteiger partial charge in [0.15, 0.2) is 5.62 Å². The lowest BCUT2D eigenvalue weighted by Crippen LogP contribution is -2.31. The zero-order valence-electron chi connectivity index (χ0n) is 20.3. The molecule has 200 valence electrons. The molecule has 3 atom stereocenters. The first kappa shape index (κ1) is 28.5. The predicted molar refractivity (Wildman–Crippen MR) is 131 cm³/mol. The molecule has 0 radical (unpaired) electrons. The minimum Gasteiger partial charge on any atom is -0.491 e. The number of hydrogen-bond acceptors (Lipinski definition) is 7. The van der Waals surface area contributed by atoms with Crippen LogP contribution in [0.25, 0.3) is 0 Å². The van der Waals surface area contributed by atoms with Gasteiger partial charge in [0, 0.05) is 7.05 Å². The average molecular weight is 540 g/mol. The number of rotatable bonds is 13. The monoisotopic (exact) mass is 539 g/mol. The van der Waals surface area contributed by atoms with Crippen molar-refractivity contribution in [3.05, 3.63) is 65.2 Å². The normalized spacial score (nSPS) is 15.8. The van der Waals surface area contributed by atoms with Gasteiger partial charge in [-0.05, 0) is 61.6 Å². The van der Waals surface area contributed by atoms with Crippen molar-refractivity contribution < 1.29 is 41.8 Å². The first-order valence-corrected chi connectivity index (χ1v) is 12.6. The van der Waals surface area contributed by atoms with E-state index in [0.29, 0.717) is 23.4 Å². The summed E-state index contributed by atoms with van der Waals surface area (Å²) < 4.78 is 56.0. The van der Waals surface area contributed by atoms with E-state index >= 15 is 0 Å². The molecule has 11 heteroatoms. The van der Waals surface area contributed by atoms with E-state index in [2.05, 4.69) is 5.32 Å². The molecule has 1 aliphatic rings. The number of esters is 1. The number of ether oxygens (including phenoxy) is 3. The van der Waals surface area contributed by atoms with Crippen molar-refractivity contribution in [2.24, 2.45) is 5.92 Å². The van der Waals surface area contributed by atoms with Crippen molar-refractivity contribution >= 4 is 29.3 Å². The van der Waals surface area contributed by atoms with Gasteiger partial charge >= 0.3 is 12.1 Å². The van der Waals surface area contributed by atoms with Crippen molar-refractivity contribution in [1.29, 1.82) is 0 Å². The fourth-order valence-corrected chi connectivity index (χ4v) is 4.14. The third-order valence-electron chi connectivity index (χ3n) is 5.66. The van der Waals surface area contributed by atoms with Crippen LogP contribution in [0, 0.1) is 5.92 Å². The molecule has 3 rings (SSSR count). The number of carbonyl (C=O) groups excluding carboxylic acids is 3. The van der Waals surface area contributed by atoms with E-state index in [1.165, 1.54) is 19.2 Å². The molecule has 2 aromatic carbocycles. The van der Waals surface area contributed by atoms with Crippen molar-refractivity contribution in [1.82, 2.24) is 5.32 Å². The summed E-state index contributed by atoms with van der Waals surface area (Å²) in [5, 5.41) is 1.96. The summed E-state index contributed by atoms with van der Waals surface area (Å²) in [7, 11) is 1.50. The van der Waals surface area contributed by atoms with Crippen LogP contribution in [0.4, 0.5) is 13.2 Å². The molecule has 0 aromatic heterocycles. The van der Waals surface area contributed by atoms with E-state index in [1.54, 1.807) is 31.2 Å². The third kappa shape index (κ3) is 8.78. The molecule has 0 aliphatic heterocycles. The SMILES string of the molecule is CNC(=O)C(Cc1ccc(OCC(OC(C)OC(=O)C2CC2)c2ccc(C(F)(F)F)cc2)cc1)SC=O. The standard InChI is InChI=1S/C26H28F3NO6S/c1-16(36-25(33)19-5-6-19)35-22(18-7-9-20(10-8-18)26(27,28)29)14-34-21-11-3-17(4-12-21)13-23(37-15-31)24(32)30-2/h3-4,7-12,15-16,19,22-23H,5-6,13-14H2,1-2H3,(H,30,32). The van der Waals surface area contributed by atoms with Gasteiger partial charge in [0.25, 0.3) is 0 Å². The van der Waals surface area contributed by atoms with Crippen LogP contribution < -0.4 is 10.1 Å². The molecular weight excluding hydrogens is 511 g/mol. The number of alkyl halides is 3. The zero-order valence-corrected chi connectivity index (χ0v) is 21.1. The molecule has 0 bridgehead atoms. The molecule has 1 fully saturated rings. The Kier molecular flexibility index (Phi) is 9.99. The lowest BCUT2D eigenvalue weighted by molar-refractivity contribution is -0.190. The van der Waals surface area contributed by atoms with Crippen molar-refractivity contribution in [3.63, 3.8) is 0 Å². The second kappa shape index (κ2) is 13.0. The lowest BCUT2D eigenvalue weighted by atomic mass is 10.1. The highest BCUT2D eigenvalue weighted by Crippen LogP contribution is 2.33. The third-order valence-corrected chi connectivity index (χ3v) is 6.48. The van der Waals surface area contributed by atoms with Crippen LogP contribution in [0.3, 0.4) is 0 Å². The molecule has 0 spiro atoms. The minimum atomic E-state index is -4.47. The Morgan fingerprint density at radius 1 is 1.11 bits per heavy atom. The van der Waals surface area contributed by atoms with Crippen LogP contribution in [-0.2, 0) is 36.5 Å². The van der Waals surface area contributed by atoms with Gasteiger partial charge in [-0.25, -0.2) is 0 Å². The molecule has 1 saturated carbocycles. The average Bonchev–Trinajstić information content (AvgIpc) is 3.72. The lowest BCUT2D eigenvalue weighted by Gasteiger charge is -2.23. The molecule has 7 nitrogen and oxygen atoms in total. The van der Waals surface area contributed by atoms with Gasteiger partial charge in [0.2, 0.25) is 12.2 Å². The molecule has 2 aromatic rings. The van der Waals surface area contributed by atoms with Crippen LogP contribution in [-0.4, -0.2) is 42.7 Å². The highest BCUT2D eigenvalue weighted by molar-refractivity contribution is 8.13. The van der Waals surface area contributed by atoms with Gasteiger partial charge in [0.1, 0.15) is 18.5 Å². The summed E-state index contributed by atoms with van der Waals surface area (Å²) in [5.74, 6) is -0.284. The number of nitrogens with one attached hydrogen (secondary N) is 1. The smallest absolute Gasteiger partial charge is 0.416 e. The summed E-state index contributed by atoms with van der Waals surface area (Å²) in [4.78, 5) is 34.8. The predicted octanol–water partition coefficient (Wildman–Crippen LogP) is 4.72. The Morgan fingerprint density at radius 3 is 2.30 bits per heavy atom. The minimum absolute atomic E-state index is 0.0576. The van der Waals surface area contributed by atoms with Crippen molar-refractivity contribution in [3.8, 4) is 5.75 Å². The quantitative estimate of drug-likeness (QED) is 0.224. The van der Waals surface area contributed by atoms with Gasteiger partial charge in [-0.2, -0.15) is 13.2 Å². The van der Waals surface area contributed by atoms with Crippen LogP contribution in [0.2, 0.25) is 0 Å². The van der Waals surface area contributed by atoms with Crippen molar-refractivity contribution in [2.45, 2.75) is 50.0 Å². The fraction of sp³-hybridized carbons (Fsp3) is 0.423. The van der Waals surface area contributed by atoms with E-state index in [4.69, 9.17) is 14.2 Å². The molecule has 37 heavy (non-hydrogen) atoms.